The van der Waals surface area contributed by atoms with Crippen LogP contribution < -0.4 is 5.32 Å². The average molecular weight is 357 g/mol. The highest BCUT2D eigenvalue weighted by molar-refractivity contribution is 5.86. The standard InChI is InChI=1S/C19H35NO5/c1-2-3-4-5-6-7-8-9-10-11-12-13-14-17(21)20-16(19(24)25)15-18(22)23/h16H,2-15H2,1H3,(H,20,21)(H,22,23)(H,24,25). The number of hydrogen-bond donors (Lipinski definition) is 3. The second kappa shape index (κ2) is 15.9. The maximum Gasteiger partial charge on any atom is 0.326 e. The average Bonchev–Trinajstić information content (AvgIpc) is 2.54. The molecular weight excluding hydrogens is 322 g/mol. The molecule has 146 valence electrons. The predicted molar refractivity (Wildman–Crippen MR) is 97.5 cm³/mol. The second-order valence-corrected chi connectivity index (χ2v) is 6.70. The quantitative estimate of drug-likeness (QED) is 0.340. The predicted octanol–water partition coefficient (Wildman–Crippen LogP) is 4.12. The fourth-order valence-corrected chi connectivity index (χ4v) is 2.77. The Balaban J connectivity index is 3.50. The molecule has 0 aromatic heterocycles. The SMILES string of the molecule is CCCCCCCCCCCCCCC(=O)NC(CC(=O)O)C(=O)O. The van der Waals surface area contributed by atoms with Crippen LogP contribution in [0.15, 0.2) is 0 Å². The summed E-state index contributed by atoms with van der Waals surface area (Å²) in [5, 5.41) is 19.8. The molecule has 1 unspecified atom stereocenters. The van der Waals surface area contributed by atoms with Gasteiger partial charge in [-0.1, -0.05) is 77.6 Å². The molecule has 3 N–H and O–H groups in total. The van der Waals surface area contributed by atoms with Gasteiger partial charge in [0, 0.05) is 6.42 Å². The monoisotopic (exact) mass is 357 g/mol. The molecule has 0 spiro atoms. The molecule has 0 saturated heterocycles. The summed E-state index contributed by atoms with van der Waals surface area (Å²) in [6, 6.07) is -1.35. The lowest BCUT2D eigenvalue weighted by atomic mass is 10.0. The van der Waals surface area contributed by atoms with Gasteiger partial charge in [0.05, 0.1) is 6.42 Å². The first-order valence-electron chi connectivity index (χ1n) is 9.71. The molecular formula is C19H35NO5. The van der Waals surface area contributed by atoms with E-state index in [-0.39, 0.29) is 12.3 Å². The Labute approximate surface area is 151 Å². The van der Waals surface area contributed by atoms with Crippen LogP contribution in [0.1, 0.15) is 96.8 Å². The van der Waals surface area contributed by atoms with Crippen molar-refractivity contribution in [3.8, 4) is 0 Å². The third-order valence-corrected chi connectivity index (χ3v) is 4.27. The van der Waals surface area contributed by atoms with Crippen molar-refractivity contribution in [2.45, 2.75) is 103 Å². The zero-order valence-corrected chi connectivity index (χ0v) is 15.6. The number of unbranched alkanes of at least 4 members (excludes halogenated alkanes) is 11. The molecule has 0 saturated carbocycles. The van der Waals surface area contributed by atoms with Crippen molar-refractivity contribution in [2.75, 3.05) is 0 Å². The van der Waals surface area contributed by atoms with Gasteiger partial charge in [-0.05, 0) is 6.42 Å². The van der Waals surface area contributed by atoms with E-state index < -0.39 is 24.4 Å². The lowest BCUT2D eigenvalue weighted by Gasteiger charge is -2.12. The van der Waals surface area contributed by atoms with Gasteiger partial charge < -0.3 is 15.5 Å². The van der Waals surface area contributed by atoms with E-state index in [9.17, 15) is 14.4 Å². The smallest absolute Gasteiger partial charge is 0.326 e. The van der Waals surface area contributed by atoms with Gasteiger partial charge >= 0.3 is 11.9 Å². The van der Waals surface area contributed by atoms with Crippen LogP contribution >= 0.6 is 0 Å². The van der Waals surface area contributed by atoms with E-state index in [1.165, 1.54) is 57.8 Å². The van der Waals surface area contributed by atoms with Crippen molar-refractivity contribution in [1.29, 1.82) is 0 Å². The van der Waals surface area contributed by atoms with E-state index in [4.69, 9.17) is 10.2 Å². The van der Waals surface area contributed by atoms with Gasteiger partial charge in [-0.2, -0.15) is 0 Å². The summed E-state index contributed by atoms with van der Waals surface area (Å²) >= 11 is 0. The van der Waals surface area contributed by atoms with E-state index in [1.54, 1.807) is 0 Å². The minimum absolute atomic E-state index is 0.251. The van der Waals surface area contributed by atoms with Gasteiger partial charge in [0.15, 0.2) is 0 Å². The summed E-state index contributed by atoms with van der Waals surface area (Å²) in [5.74, 6) is -2.94. The van der Waals surface area contributed by atoms with E-state index in [1.807, 2.05) is 0 Å². The Morgan fingerprint density at radius 3 is 1.60 bits per heavy atom. The molecule has 1 atom stereocenters. The third kappa shape index (κ3) is 15.7. The van der Waals surface area contributed by atoms with Crippen LogP contribution in [0.4, 0.5) is 0 Å². The van der Waals surface area contributed by atoms with Crippen LogP contribution in [-0.2, 0) is 14.4 Å². The molecule has 0 aliphatic rings. The number of nitrogens with one attached hydrogen (secondary N) is 1. The number of carbonyl (C=O) groups excluding carboxylic acids is 1. The first-order valence-corrected chi connectivity index (χ1v) is 9.71. The molecule has 0 aliphatic heterocycles. The number of amides is 1. The van der Waals surface area contributed by atoms with Gasteiger partial charge in [-0.25, -0.2) is 4.79 Å². The van der Waals surface area contributed by atoms with E-state index in [2.05, 4.69) is 12.2 Å². The topological polar surface area (TPSA) is 104 Å². The third-order valence-electron chi connectivity index (χ3n) is 4.27. The maximum atomic E-state index is 11.7. The van der Waals surface area contributed by atoms with Crippen molar-refractivity contribution in [3.05, 3.63) is 0 Å². The number of carboxylic acids is 2. The Morgan fingerprint density at radius 1 is 0.760 bits per heavy atom. The molecule has 25 heavy (non-hydrogen) atoms. The van der Waals surface area contributed by atoms with E-state index >= 15 is 0 Å². The molecule has 0 aliphatic carbocycles. The largest absolute Gasteiger partial charge is 0.481 e. The van der Waals surface area contributed by atoms with E-state index in [0.29, 0.717) is 6.42 Å². The summed E-state index contributed by atoms with van der Waals surface area (Å²) < 4.78 is 0. The summed E-state index contributed by atoms with van der Waals surface area (Å²) in [6.45, 7) is 2.23. The van der Waals surface area contributed by atoms with Crippen molar-refractivity contribution < 1.29 is 24.6 Å². The van der Waals surface area contributed by atoms with Crippen molar-refractivity contribution in [1.82, 2.24) is 5.32 Å². The van der Waals surface area contributed by atoms with Crippen LogP contribution in [-0.4, -0.2) is 34.1 Å². The molecule has 0 radical (unpaired) electrons. The Bertz CT molecular complexity index is 384. The number of carboxylic acid groups (broad SMARTS) is 2. The Hall–Kier alpha value is -1.59. The summed E-state index contributed by atoms with van der Waals surface area (Å²) in [5.41, 5.74) is 0. The minimum Gasteiger partial charge on any atom is -0.481 e. The first-order chi connectivity index (χ1) is 12.0. The van der Waals surface area contributed by atoms with Gasteiger partial charge in [0.1, 0.15) is 6.04 Å². The molecule has 0 aromatic carbocycles. The van der Waals surface area contributed by atoms with Gasteiger partial charge in [-0.3, -0.25) is 9.59 Å². The van der Waals surface area contributed by atoms with Gasteiger partial charge in [0.25, 0.3) is 0 Å². The molecule has 0 bridgehead atoms. The van der Waals surface area contributed by atoms with Crippen LogP contribution in [0.5, 0.6) is 0 Å². The van der Waals surface area contributed by atoms with Crippen LogP contribution in [0.2, 0.25) is 0 Å². The van der Waals surface area contributed by atoms with Crippen LogP contribution in [0.25, 0.3) is 0 Å². The second-order valence-electron chi connectivity index (χ2n) is 6.70. The highest BCUT2D eigenvalue weighted by Gasteiger charge is 2.22. The summed E-state index contributed by atoms with van der Waals surface area (Å²) in [4.78, 5) is 33.1. The molecule has 0 fully saturated rings. The fourth-order valence-electron chi connectivity index (χ4n) is 2.77. The molecule has 1 amide bonds. The maximum absolute atomic E-state index is 11.7. The van der Waals surface area contributed by atoms with Gasteiger partial charge in [0.2, 0.25) is 5.91 Å². The Morgan fingerprint density at radius 2 is 1.20 bits per heavy atom. The zero-order chi connectivity index (χ0) is 18.9. The normalized spacial score (nSPS) is 11.9. The van der Waals surface area contributed by atoms with Crippen molar-refractivity contribution in [2.24, 2.45) is 0 Å². The van der Waals surface area contributed by atoms with Crippen LogP contribution in [0.3, 0.4) is 0 Å². The summed E-state index contributed by atoms with van der Waals surface area (Å²) in [6.07, 6.45) is 14.1. The molecule has 0 rings (SSSR count). The Kier molecular flexibility index (Phi) is 14.9. The van der Waals surface area contributed by atoms with Gasteiger partial charge in [-0.15, -0.1) is 0 Å². The van der Waals surface area contributed by atoms with Crippen molar-refractivity contribution in [3.63, 3.8) is 0 Å². The highest BCUT2D eigenvalue weighted by atomic mass is 16.4. The van der Waals surface area contributed by atoms with E-state index in [0.717, 1.165) is 12.8 Å². The first kappa shape index (κ1) is 23.4. The molecule has 6 nitrogen and oxygen atoms in total. The number of rotatable bonds is 17. The summed E-state index contributed by atoms with van der Waals surface area (Å²) in [7, 11) is 0. The van der Waals surface area contributed by atoms with Crippen LogP contribution in [0, 0.1) is 0 Å². The van der Waals surface area contributed by atoms with Crippen molar-refractivity contribution >= 4 is 17.8 Å². The fraction of sp³-hybridized carbons (Fsp3) is 0.842. The number of aliphatic carboxylic acids is 2. The number of carbonyl (C=O) groups is 3. The highest BCUT2D eigenvalue weighted by Crippen LogP contribution is 2.12. The number of hydrogen-bond acceptors (Lipinski definition) is 3. The molecule has 6 heteroatoms. The zero-order valence-electron chi connectivity index (χ0n) is 15.6. The molecule has 0 aromatic rings. The molecule has 0 heterocycles. The lowest BCUT2D eigenvalue weighted by Crippen LogP contribution is -2.42. The lowest BCUT2D eigenvalue weighted by molar-refractivity contribution is -0.147. The minimum atomic E-state index is -1.35.